The van der Waals surface area contributed by atoms with Crippen molar-refractivity contribution in [3.05, 3.63) is 48.5 Å². The first kappa shape index (κ1) is 22.1. The maximum atomic E-state index is 12.5. The molecule has 0 amide bonds. The Morgan fingerprint density at radius 1 is 0.931 bits per heavy atom. The summed E-state index contributed by atoms with van der Waals surface area (Å²) in [6.45, 7) is 1.34. The van der Waals surface area contributed by atoms with Crippen molar-refractivity contribution < 1.29 is 21.6 Å². The molecule has 2 aromatic carbocycles. The summed E-state index contributed by atoms with van der Waals surface area (Å²) >= 11 is 1.54. The molecule has 1 N–H and O–H groups in total. The van der Waals surface area contributed by atoms with Gasteiger partial charge in [-0.15, -0.1) is 11.8 Å². The molecule has 0 saturated carbocycles. The van der Waals surface area contributed by atoms with Gasteiger partial charge in [-0.3, -0.25) is 0 Å². The van der Waals surface area contributed by atoms with Gasteiger partial charge in [-0.05, 0) is 67.6 Å². The second kappa shape index (κ2) is 9.48. The van der Waals surface area contributed by atoms with E-state index in [1.807, 2.05) is 6.26 Å². The van der Waals surface area contributed by atoms with Crippen LogP contribution in [0.5, 0.6) is 5.75 Å². The third kappa shape index (κ3) is 5.52. The van der Waals surface area contributed by atoms with E-state index in [4.69, 9.17) is 4.74 Å². The lowest BCUT2D eigenvalue weighted by atomic mass is 10.3. The number of hydrogen-bond donors (Lipinski definition) is 1. The van der Waals surface area contributed by atoms with Crippen LogP contribution in [0.15, 0.2) is 63.2 Å². The number of rotatable bonds is 9. The predicted molar refractivity (Wildman–Crippen MR) is 113 cm³/mol. The monoisotopic (exact) mass is 456 g/mol. The molecule has 0 spiro atoms. The Morgan fingerprint density at radius 3 is 2.10 bits per heavy atom. The molecule has 3 rings (SSSR count). The first-order chi connectivity index (χ1) is 13.8. The molecule has 1 fully saturated rings. The number of hydrogen-bond acceptors (Lipinski definition) is 6. The van der Waals surface area contributed by atoms with E-state index in [-0.39, 0.29) is 22.9 Å². The van der Waals surface area contributed by atoms with Crippen molar-refractivity contribution in [2.24, 2.45) is 0 Å². The molecular weight excluding hydrogens is 432 g/mol. The van der Waals surface area contributed by atoms with E-state index in [9.17, 15) is 16.8 Å². The minimum absolute atomic E-state index is 0.0977. The normalized spacial score (nSPS) is 15.5. The van der Waals surface area contributed by atoms with Gasteiger partial charge in [-0.1, -0.05) is 0 Å². The van der Waals surface area contributed by atoms with Crippen LogP contribution in [0.2, 0.25) is 0 Å². The fourth-order valence-electron chi connectivity index (χ4n) is 2.97. The van der Waals surface area contributed by atoms with Crippen molar-refractivity contribution in [1.82, 2.24) is 9.03 Å². The van der Waals surface area contributed by atoms with Gasteiger partial charge in [0.25, 0.3) is 0 Å². The molecular formula is C19H24N2O5S3. The van der Waals surface area contributed by atoms with Crippen LogP contribution in [0.4, 0.5) is 0 Å². The van der Waals surface area contributed by atoms with E-state index in [2.05, 4.69) is 4.72 Å². The highest BCUT2D eigenvalue weighted by Gasteiger charge is 2.26. The van der Waals surface area contributed by atoms with E-state index < -0.39 is 20.0 Å². The van der Waals surface area contributed by atoms with Crippen molar-refractivity contribution in [1.29, 1.82) is 0 Å². The van der Waals surface area contributed by atoms with Crippen LogP contribution in [-0.2, 0) is 20.0 Å². The number of nitrogens with one attached hydrogen (secondary N) is 1. The first-order valence-corrected chi connectivity index (χ1v) is 13.3. The van der Waals surface area contributed by atoms with Crippen molar-refractivity contribution >= 4 is 31.8 Å². The zero-order chi connectivity index (χ0) is 20.9. The van der Waals surface area contributed by atoms with Crippen LogP contribution in [0.25, 0.3) is 0 Å². The average Bonchev–Trinajstić information content (AvgIpc) is 3.27. The summed E-state index contributed by atoms with van der Waals surface area (Å²) in [5.74, 6) is 0.480. The van der Waals surface area contributed by atoms with E-state index in [0.717, 1.165) is 17.7 Å². The molecule has 0 atom stereocenters. The summed E-state index contributed by atoms with van der Waals surface area (Å²) in [6.07, 6.45) is 3.70. The molecule has 10 heteroatoms. The lowest BCUT2D eigenvalue weighted by Gasteiger charge is -2.15. The molecule has 29 heavy (non-hydrogen) atoms. The lowest BCUT2D eigenvalue weighted by molar-refractivity contribution is 0.322. The standard InChI is InChI=1S/C19H24N2O5S3/c1-27-17-6-10-18(11-7-17)28(22,23)20-12-15-26-16-4-8-19(9-5-16)29(24,25)21-13-2-3-14-21/h4-11,20H,2-3,12-15H2,1H3. The highest BCUT2D eigenvalue weighted by molar-refractivity contribution is 7.98. The Morgan fingerprint density at radius 2 is 1.52 bits per heavy atom. The highest BCUT2D eigenvalue weighted by Crippen LogP contribution is 2.23. The number of benzene rings is 2. The van der Waals surface area contributed by atoms with Gasteiger partial charge < -0.3 is 4.74 Å². The molecule has 7 nitrogen and oxygen atoms in total. The average molecular weight is 457 g/mol. The minimum Gasteiger partial charge on any atom is -0.492 e. The third-order valence-electron chi connectivity index (χ3n) is 4.56. The van der Waals surface area contributed by atoms with Gasteiger partial charge in [0.05, 0.1) is 9.79 Å². The fraction of sp³-hybridized carbons (Fsp3) is 0.368. The van der Waals surface area contributed by atoms with Gasteiger partial charge in [0, 0.05) is 24.5 Å². The fourth-order valence-corrected chi connectivity index (χ4v) is 5.91. The van der Waals surface area contributed by atoms with Crippen LogP contribution in [-0.4, -0.2) is 53.6 Å². The Labute approximate surface area is 176 Å². The van der Waals surface area contributed by atoms with E-state index in [1.54, 1.807) is 48.2 Å². The molecule has 1 aliphatic heterocycles. The smallest absolute Gasteiger partial charge is 0.243 e. The van der Waals surface area contributed by atoms with Crippen molar-refractivity contribution in [3.8, 4) is 5.75 Å². The van der Waals surface area contributed by atoms with Crippen molar-refractivity contribution in [3.63, 3.8) is 0 Å². The molecule has 1 aliphatic rings. The van der Waals surface area contributed by atoms with E-state index in [0.29, 0.717) is 18.8 Å². The second-order valence-corrected chi connectivity index (χ2v) is 11.1. The zero-order valence-electron chi connectivity index (χ0n) is 16.1. The first-order valence-electron chi connectivity index (χ1n) is 9.20. The van der Waals surface area contributed by atoms with Gasteiger partial charge >= 0.3 is 0 Å². The van der Waals surface area contributed by atoms with Gasteiger partial charge in [-0.25, -0.2) is 21.6 Å². The summed E-state index contributed by atoms with van der Waals surface area (Å²) in [7, 11) is -7.05. The summed E-state index contributed by atoms with van der Waals surface area (Å²) in [6, 6.07) is 12.8. The van der Waals surface area contributed by atoms with Gasteiger partial charge in [0.15, 0.2) is 0 Å². The quantitative estimate of drug-likeness (QED) is 0.460. The predicted octanol–water partition coefficient (Wildman–Crippen LogP) is 2.55. The summed E-state index contributed by atoms with van der Waals surface area (Å²) in [4.78, 5) is 1.43. The lowest BCUT2D eigenvalue weighted by Crippen LogP contribution is -2.28. The SMILES string of the molecule is CSc1ccc(S(=O)(=O)NCCOc2ccc(S(=O)(=O)N3CCCC3)cc2)cc1. The molecule has 0 unspecified atom stereocenters. The largest absolute Gasteiger partial charge is 0.492 e. The highest BCUT2D eigenvalue weighted by atomic mass is 32.2. The van der Waals surface area contributed by atoms with E-state index in [1.165, 1.54) is 16.4 Å². The summed E-state index contributed by atoms with van der Waals surface area (Å²) in [5, 5.41) is 0. The van der Waals surface area contributed by atoms with E-state index >= 15 is 0 Å². The Hall–Kier alpha value is -1.59. The Bertz CT molecular complexity index is 1010. The molecule has 0 aromatic heterocycles. The number of sulfonamides is 2. The molecule has 0 aliphatic carbocycles. The van der Waals surface area contributed by atoms with Crippen molar-refractivity contribution in [2.75, 3.05) is 32.5 Å². The third-order valence-corrected chi connectivity index (χ3v) is 8.69. The summed E-state index contributed by atoms with van der Waals surface area (Å²) < 4.78 is 59.1. The maximum Gasteiger partial charge on any atom is 0.243 e. The van der Waals surface area contributed by atoms with Crippen LogP contribution >= 0.6 is 11.8 Å². The Kier molecular flexibility index (Phi) is 7.23. The van der Waals surface area contributed by atoms with Gasteiger partial charge in [-0.2, -0.15) is 4.31 Å². The maximum absolute atomic E-state index is 12.5. The number of thioether (sulfide) groups is 1. The number of ether oxygens (including phenoxy) is 1. The van der Waals surface area contributed by atoms with Crippen LogP contribution in [0.1, 0.15) is 12.8 Å². The molecule has 0 radical (unpaired) electrons. The van der Waals surface area contributed by atoms with Crippen LogP contribution in [0, 0.1) is 0 Å². The van der Waals surface area contributed by atoms with Crippen LogP contribution < -0.4 is 9.46 Å². The molecule has 2 aromatic rings. The number of nitrogens with zero attached hydrogens (tertiary/aromatic N) is 1. The topological polar surface area (TPSA) is 92.8 Å². The van der Waals surface area contributed by atoms with Crippen LogP contribution in [0.3, 0.4) is 0 Å². The Balaban J connectivity index is 1.51. The zero-order valence-corrected chi connectivity index (χ0v) is 18.5. The molecule has 1 heterocycles. The second-order valence-electron chi connectivity index (χ2n) is 6.50. The van der Waals surface area contributed by atoms with Gasteiger partial charge in [0.2, 0.25) is 20.0 Å². The van der Waals surface area contributed by atoms with Crippen molar-refractivity contribution in [2.45, 2.75) is 27.5 Å². The molecule has 1 saturated heterocycles. The van der Waals surface area contributed by atoms with Gasteiger partial charge in [0.1, 0.15) is 12.4 Å². The molecule has 0 bridgehead atoms. The molecule has 158 valence electrons. The minimum atomic E-state index is -3.60. The summed E-state index contributed by atoms with van der Waals surface area (Å²) in [5.41, 5.74) is 0.